The maximum atomic E-state index is 4.56. The first-order valence-corrected chi connectivity index (χ1v) is 10.00. The molecule has 0 amide bonds. The van der Waals surface area contributed by atoms with E-state index in [1.165, 1.54) is 46.9 Å². The summed E-state index contributed by atoms with van der Waals surface area (Å²) in [6.07, 6.45) is 5.49. The van der Waals surface area contributed by atoms with Crippen LogP contribution in [0.5, 0.6) is 0 Å². The highest BCUT2D eigenvalue weighted by atomic mass is 32.2. The van der Waals surface area contributed by atoms with E-state index in [9.17, 15) is 0 Å². The summed E-state index contributed by atoms with van der Waals surface area (Å²) in [5.74, 6) is 1.13. The molecule has 2 heterocycles. The molecular formula is C19H22N2S2. The Morgan fingerprint density at radius 1 is 1.09 bits per heavy atom. The molecule has 2 nitrogen and oxygen atoms in total. The Bertz CT molecular complexity index is 808. The van der Waals surface area contributed by atoms with E-state index in [0.717, 1.165) is 15.6 Å². The van der Waals surface area contributed by atoms with Crippen LogP contribution < -0.4 is 0 Å². The number of thiophene rings is 1. The quantitative estimate of drug-likeness (QED) is 0.300. The van der Waals surface area contributed by atoms with Gasteiger partial charge in [0.2, 0.25) is 0 Å². The summed E-state index contributed by atoms with van der Waals surface area (Å²) in [4.78, 5) is 10.1. The smallest absolute Gasteiger partial charge is 0.128 e. The molecule has 0 aliphatic carbocycles. The van der Waals surface area contributed by atoms with Crippen molar-refractivity contribution in [1.29, 1.82) is 0 Å². The van der Waals surface area contributed by atoms with Gasteiger partial charge < -0.3 is 0 Å². The molecule has 3 aromatic rings. The van der Waals surface area contributed by atoms with Gasteiger partial charge in [-0.15, -0.1) is 23.1 Å². The van der Waals surface area contributed by atoms with E-state index in [0.29, 0.717) is 0 Å². The Kier molecular flexibility index (Phi) is 5.34. The minimum absolute atomic E-state index is 1.09. The second-order valence-electron chi connectivity index (χ2n) is 5.86. The van der Waals surface area contributed by atoms with Gasteiger partial charge in [-0.3, -0.25) is 0 Å². The molecule has 23 heavy (non-hydrogen) atoms. The van der Waals surface area contributed by atoms with Crippen LogP contribution >= 0.6 is 23.1 Å². The van der Waals surface area contributed by atoms with E-state index in [1.807, 2.05) is 11.8 Å². The SMILES string of the molecule is CCCCCSc1ncnc2scc(-c3ccc(C)c(C)c3)c12. The van der Waals surface area contributed by atoms with Gasteiger partial charge in [0.1, 0.15) is 16.2 Å². The van der Waals surface area contributed by atoms with Crippen molar-refractivity contribution < 1.29 is 0 Å². The number of hydrogen-bond donors (Lipinski definition) is 0. The number of unbranched alkanes of at least 4 members (excludes halogenated alkanes) is 2. The summed E-state index contributed by atoms with van der Waals surface area (Å²) in [6.45, 7) is 6.57. The van der Waals surface area contributed by atoms with Gasteiger partial charge in [0.15, 0.2) is 0 Å². The largest absolute Gasteiger partial charge is 0.229 e. The van der Waals surface area contributed by atoms with Crippen molar-refractivity contribution in [2.45, 2.75) is 45.1 Å². The van der Waals surface area contributed by atoms with Crippen molar-refractivity contribution in [3.63, 3.8) is 0 Å². The van der Waals surface area contributed by atoms with Crippen LogP contribution in [-0.4, -0.2) is 15.7 Å². The molecule has 0 fully saturated rings. The van der Waals surface area contributed by atoms with E-state index >= 15 is 0 Å². The Balaban J connectivity index is 1.99. The fraction of sp³-hybridized carbons (Fsp3) is 0.368. The third-order valence-electron chi connectivity index (χ3n) is 4.14. The Morgan fingerprint density at radius 2 is 1.96 bits per heavy atom. The lowest BCUT2D eigenvalue weighted by Crippen LogP contribution is -1.88. The van der Waals surface area contributed by atoms with Crippen LogP contribution in [0.25, 0.3) is 21.3 Å². The van der Waals surface area contributed by atoms with Gasteiger partial charge in [-0.25, -0.2) is 9.97 Å². The fourth-order valence-corrected chi connectivity index (χ4v) is 4.59. The van der Waals surface area contributed by atoms with Crippen molar-refractivity contribution >= 4 is 33.3 Å². The number of nitrogens with zero attached hydrogens (tertiary/aromatic N) is 2. The fourth-order valence-electron chi connectivity index (χ4n) is 2.60. The molecule has 0 atom stereocenters. The van der Waals surface area contributed by atoms with Crippen LogP contribution in [0, 0.1) is 13.8 Å². The van der Waals surface area contributed by atoms with Gasteiger partial charge >= 0.3 is 0 Å². The second kappa shape index (κ2) is 7.45. The van der Waals surface area contributed by atoms with Crippen LogP contribution in [0.3, 0.4) is 0 Å². The van der Waals surface area contributed by atoms with Crippen LogP contribution in [0.4, 0.5) is 0 Å². The third-order valence-corrected chi connectivity index (χ3v) is 6.10. The number of benzene rings is 1. The monoisotopic (exact) mass is 342 g/mol. The number of fused-ring (bicyclic) bond motifs is 1. The van der Waals surface area contributed by atoms with E-state index in [2.05, 4.69) is 54.3 Å². The molecule has 0 radical (unpaired) electrons. The van der Waals surface area contributed by atoms with Gasteiger partial charge in [0.25, 0.3) is 0 Å². The van der Waals surface area contributed by atoms with Crippen molar-refractivity contribution in [2.75, 3.05) is 5.75 Å². The summed E-state index contributed by atoms with van der Waals surface area (Å²) in [6, 6.07) is 6.68. The standard InChI is InChI=1S/C19H22N2S2/c1-4-5-6-9-22-18-17-16(11-23-19(17)21-12-20-18)15-8-7-13(2)14(3)10-15/h7-8,10-12H,4-6,9H2,1-3H3. The molecule has 0 unspecified atom stereocenters. The maximum Gasteiger partial charge on any atom is 0.128 e. The van der Waals surface area contributed by atoms with E-state index in [1.54, 1.807) is 17.7 Å². The number of aromatic nitrogens is 2. The minimum Gasteiger partial charge on any atom is -0.229 e. The van der Waals surface area contributed by atoms with Crippen molar-refractivity contribution in [3.05, 3.63) is 41.0 Å². The van der Waals surface area contributed by atoms with Crippen LogP contribution in [0.2, 0.25) is 0 Å². The Morgan fingerprint density at radius 3 is 2.74 bits per heavy atom. The van der Waals surface area contributed by atoms with Gasteiger partial charge in [0, 0.05) is 10.9 Å². The van der Waals surface area contributed by atoms with E-state index in [-0.39, 0.29) is 0 Å². The summed E-state index contributed by atoms with van der Waals surface area (Å²) in [5, 5.41) is 4.57. The Hall–Kier alpha value is -1.39. The molecule has 4 heteroatoms. The van der Waals surface area contributed by atoms with Gasteiger partial charge in [0.05, 0.1) is 5.39 Å². The van der Waals surface area contributed by atoms with Crippen LogP contribution in [0.1, 0.15) is 37.3 Å². The topological polar surface area (TPSA) is 25.8 Å². The first kappa shape index (κ1) is 16.5. The zero-order chi connectivity index (χ0) is 16.2. The number of hydrogen-bond acceptors (Lipinski definition) is 4. The number of thioether (sulfide) groups is 1. The summed E-state index contributed by atoms with van der Waals surface area (Å²) in [5.41, 5.74) is 5.20. The first-order valence-electron chi connectivity index (χ1n) is 8.13. The predicted octanol–water partition coefficient (Wildman–Crippen LogP) is 6.26. The molecule has 0 N–H and O–H groups in total. The van der Waals surface area contributed by atoms with Crippen molar-refractivity contribution in [1.82, 2.24) is 9.97 Å². The molecule has 120 valence electrons. The normalized spacial score (nSPS) is 11.3. The minimum atomic E-state index is 1.09. The lowest BCUT2D eigenvalue weighted by molar-refractivity contribution is 0.778. The highest BCUT2D eigenvalue weighted by molar-refractivity contribution is 7.99. The highest BCUT2D eigenvalue weighted by Gasteiger charge is 2.13. The third kappa shape index (κ3) is 3.59. The summed E-state index contributed by atoms with van der Waals surface area (Å²) < 4.78 is 0. The lowest BCUT2D eigenvalue weighted by Gasteiger charge is -2.07. The van der Waals surface area contributed by atoms with Gasteiger partial charge in [-0.2, -0.15) is 0 Å². The van der Waals surface area contributed by atoms with Gasteiger partial charge in [-0.1, -0.05) is 38.0 Å². The lowest BCUT2D eigenvalue weighted by atomic mass is 10.0. The Labute approximate surface area is 146 Å². The van der Waals surface area contributed by atoms with Crippen LogP contribution in [-0.2, 0) is 0 Å². The first-order chi connectivity index (χ1) is 11.2. The second-order valence-corrected chi connectivity index (χ2v) is 7.80. The van der Waals surface area contributed by atoms with Crippen molar-refractivity contribution in [3.8, 4) is 11.1 Å². The summed E-state index contributed by atoms with van der Waals surface area (Å²) >= 11 is 3.58. The van der Waals surface area contributed by atoms with Gasteiger partial charge in [-0.05, 0) is 42.7 Å². The highest BCUT2D eigenvalue weighted by Crippen LogP contribution is 2.38. The maximum absolute atomic E-state index is 4.56. The molecule has 2 aromatic heterocycles. The molecule has 0 aliphatic heterocycles. The van der Waals surface area contributed by atoms with Crippen LogP contribution in [0.15, 0.2) is 34.9 Å². The van der Waals surface area contributed by atoms with E-state index in [4.69, 9.17) is 0 Å². The van der Waals surface area contributed by atoms with Crippen molar-refractivity contribution in [2.24, 2.45) is 0 Å². The summed E-state index contributed by atoms with van der Waals surface area (Å²) in [7, 11) is 0. The molecule has 0 spiro atoms. The number of aryl methyl sites for hydroxylation is 2. The molecule has 0 saturated heterocycles. The number of rotatable bonds is 6. The molecule has 0 aliphatic rings. The average Bonchev–Trinajstić information content (AvgIpc) is 2.99. The molecule has 3 rings (SSSR count). The zero-order valence-corrected chi connectivity index (χ0v) is 15.6. The average molecular weight is 343 g/mol. The zero-order valence-electron chi connectivity index (χ0n) is 13.9. The molecule has 0 bridgehead atoms. The molecule has 0 saturated carbocycles. The predicted molar refractivity (Wildman–Crippen MR) is 103 cm³/mol. The molecular weight excluding hydrogens is 320 g/mol. The van der Waals surface area contributed by atoms with E-state index < -0.39 is 0 Å². The molecule has 1 aromatic carbocycles.